The highest BCUT2D eigenvalue weighted by Crippen LogP contribution is 2.52. The Morgan fingerprint density at radius 3 is 1.82 bits per heavy atom. The topological polar surface area (TPSA) is 17.8 Å². The number of imidazole rings is 1. The van der Waals surface area contributed by atoms with Crippen LogP contribution in [0.1, 0.15) is 25.0 Å². The predicted molar refractivity (Wildman–Crippen MR) is 159 cm³/mol. The van der Waals surface area contributed by atoms with Gasteiger partial charge in [-0.1, -0.05) is 92.7 Å². The largest absolute Gasteiger partial charge is 0.300 e. The Morgan fingerprint density at radius 2 is 1.13 bits per heavy atom. The van der Waals surface area contributed by atoms with E-state index in [9.17, 15) is 0 Å². The number of fused-ring (bicyclic) bond motifs is 9. The van der Waals surface area contributed by atoms with Crippen LogP contribution in [0.25, 0.3) is 60.5 Å². The smallest absolute Gasteiger partial charge is 0.144 e. The van der Waals surface area contributed by atoms with E-state index in [1.165, 1.54) is 54.6 Å². The molecule has 0 N–H and O–H groups in total. The lowest BCUT2D eigenvalue weighted by molar-refractivity contribution is 0.661. The van der Waals surface area contributed by atoms with Crippen LogP contribution < -0.4 is 0 Å². The van der Waals surface area contributed by atoms with Crippen molar-refractivity contribution in [3.63, 3.8) is 0 Å². The molecule has 7 aromatic rings. The van der Waals surface area contributed by atoms with Gasteiger partial charge >= 0.3 is 0 Å². The van der Waals surface area contributed by atoms with Crippen LogP contribution >= 0.6 is 0 Å². The van der Waals surface area contributed by atoms with Gasteiger partial charge in [0.15, 0.2) is 0 Å². The molecule has 0 fully saturated rings. The molecule has 1 aliphatic rings. The van der Waals surface area contributed by atoms with E-state index >= 15 is 0 Å². The molecular formula is C36H26N2. The van der Waals surface area contributed by atoms with E-state index in [2.05, 4.69) is 122 Å². The molecule has 8 rings (SSSR count). The average Bonchev–Trinajstić information content (AvgIpc) is 3.54. The van der Waals surface area contributed by atoms with Crippen molar-refractivity contribution in [3.8, 4) is 28.2 Å². The molecule has 0 unspecified atom stereocenters. The van der Waals surface area contributed by atoms with Gasteiger partial charge in [0.05, 0.1) is 0 Å². The Kier molecular flexibility index (Phi) is 4.31. The molecule has 0 spiro atoms. The average molecular weight is 487 g/mol. The van der Waals surface area contributed by atoms with Crippen molar-refractivity contribution in [2.45, 2.75) is 19.3 Å². The highest BCUT2D eigenvalue weighted by Gasteiger charge is 2.36. The minimum absolute atomic E-state index is 0.0843. The molecule has 38 heavy (non-hydrogen) atoms. The second kappa shape index (κ2) is 7.66. The first-order chi connectivity index (χ1) is 18.6. The number of hydrogen-bond donors (Lipinski definition) is 0. The summed E-state index contributed by atoms with van der Waals surface area (Å²) in [6.45, 7) is 4.72. The SMILES string of the molecule is CC1(C)c2ccc(-c3nccn3-c3ccccc3)cc2-c2cc3c4ccccc4c4ccccc4c3cc21. The van der Waals surface area contributed by atoms with Crippen LogP contribution in [0.5, 0.6) is 0 Å². The number of aromatic nitrogens is 2. The van der Waals surface area contributed by atoms with Gasteiger partial charge in [0, 0.05) is 29.1 Å². The lowest BCUT2D eigenvalue weighted by Gasteiger charge is -2.22. The highest BCUT2D eigenvalue weighted by atomic mass is 15.1. The van der Waals surface area contributed by atoms with Crippen LogP contribution in [-0.2, 0) is 5.41 Å². The fraction of sp³-hybridized carbons (Fsp3) is 0.0833. The Bertz CT molecular complexity index is 2040. The summed E-state index contributed by atoms with van der Waals surface area (Å²) < 4.78 is 2.17. The van der Waals surface area contributed by atoms with Crippen molar-refractivity contribution in [3.05, 3.63) is 133 Å². The second-order valence-electron chi connectivity index (χ2n) is 10.9. The van der Waals surface area contributed by atoms with Crippen molar-refractivity contribution in [1.29, 1.82) is 0 Å². The van der Waals surface area contributed by atoms with E-state index in [4.69, 9.17) is 4.98 Å². The normalized spacial score (nSPS) is 13.7. The van der Waals surface area contributed by atoms with Crippen LogP contribution in [-0.4, -0.2) is 9.55 Å². The summed E-state index contributed by atoms with van der Waals surface area (Å²) in [7, 11) is 0. The molecule has 0 bridgehead atoms. The van der Waals surface area contributed by atoms with E-state index in [-0.39, 0.29) is 5.41 Å². The van der Waals surface area contributed by atoms with Gasteiger partial charge in [-0.05, 0) is 84.9 Å². The molecule has 0 atom stereocenters. The maximum atomic E-state index is 4.77. The zero-order chi connectivity index (χ0) is 25.4. The summed E-state index contributed by atoms with van der Waals surface area (Å²) in [6.07, 6.45) is 3.93. The lowest BCUT2D eigenvalue weighted by Crippen LogP contribution is -2.15. The minimum atomic E-state index is -0.0843. The van der Waals surface area contributed by atoms with Crippen molar-refractivity contribution in [1.82, 2.24) is 9.55 Å². The summed E-state index contributed by atoms with van der Waals surface area (Å²) >= 11 is 0. The minimum Gasteiger partial charge on any atom is -0.300 e. The van der Waals surface area contributed by atoms with Crippen molar-refractivity contribution < 1.29 is 0 Å². The summed E-state index contributed by atoms with van der Waals surface area (Å²) in [5.74, 6) is 0.961. The van der Waals surface area contributed by atoms with Gasteiger partial charge in [-0.3, -0.25) is 4.57 Å². The maximum absolute atomic E-state index is 4.77. The third-order valence-corrected chi connectivity index (χ3v) is 8.47. The molecule has 0 radical (unpaired) electrons. The first kappa shape index (κ1) is 21.4. The van der Waals surface area contributed by atoms with Gasteiger partial charge in [0.25, 0.3) is 0 Å². The van der Waals surface area contributed by atoms with Crippen LogP contribution in [0, 0.1) is 0 Å². The summed E-state index contributed by atoms with van der Waals surface area (Å²) in [6, 6.07) is 39.9. The molecule has 1 heterocycles. The Hall–Kier alpha value is -4.69. The highest BCUT2D eigenvalue weighted by molar-refractivity contribution is 6.26. The number of nitrogens with zero attached hydrogens (tertiary/aromatic N) is 2. The van der Waals surface area contributed by atoms with Crippen LogP contribution in [0.4, 0.5) is 0 Å². The number of benzene rings is 6. The summed E-state index contributed by atoms with van der Waals surface area (Å²) in [5, 5.41) is 7.91. The maximum Gasteiger partial charge on any atom is 0.144 e. The summed E-state index contributed by atoms with van der Waals surface area (Å²) in [4.78, 5) is 4.77. The Morgan fingerprint density at radius 1 is 0.553 bits per heavy atom. The van der Waals surface area contributed by atoms with Crippen molar-refractivity contribution >= 4 is 32.3 Å². The molecule has 0 saturated heterocycles. The molecule has 0 aliphatic heterocycles. The molecule has 0 amide bonds. The van der Waals surface area contributed by atoms with Crippen molar-refractivity contribution in [2.24, 2.45) is 0 Å². The lowest BCUT2D eigenvalue weighted by atomic mass is 9.81. The number of rotatable bonds is 2. The third kappa shape index (κ3) is 2.86. The molecule has 180 valence electrons. The van der Waals surface area contributed by atoms with Crippen LogP contribution in [0.2, 0.25) is 0 Å². The van der Waals surface area contributed by atoms with Gasteiger partial charge < -0.3 is 0 Å². The van der Waals surface area contributed by atoms with Gasteiger partial charge in [-0.25, -0.2) is 4.98 Å². The van der Waals surface area contributed by atoms with E-state index in [0.717, 1.165) is 17.1 Å². The molecule has 1 aliphatic carbocycles. The van der Waals surface area contributed by atoms with Gasteiger partial charge in [0.1, 0.15) is 5.82 Å². The number of hydrogen-bond acceptors (Lipinski definition) is 1. The van der Waals surface area contributed by atoms with Gasteiger partial charge in [-0.15, -0.1) is 0 Å². The van der Waals surface area contributed by atoms with E-state index in [0.29, 0.717) is 0 Å². The standard InChI is InChI=1S/C36H26N2/c1-36(2)33-17-16-23(35-37-18-19-38(35)24-10-4-3-5-11-24)20-31(33)32-21-29-27-14-8-6-12-25(27)26-13-7-9-15-28(26)30(29)22-34(32)36/h3-22H,1-2H3. The van der Waals surface area contributed by atoms with Gasteiger partial charge in [-0.2, -0.15) is 0 Å². The van der Waals surface area contributed by atoms with Crippen molar-refractivity contribution in [2.75, 3.05) is 0 Å². The molecule has 2 heteroatoms. The molecule has 6 aromatic carbocycles. The number of para-hydroxylation sites is 1. The zero-order valence-corrected chi connectivity index (χ0v) is 21.4. The zero-order valence-electron chi connectivity index (χ0n) is 21.4. The summed E-state index contributed by atoms with van der Waals surface area (Å²) in [5.41, 5.74) is 7.57. The van der Waals surface area contributed by atoms with Gasteiger partial charge in [0.2, 0.25) is 0 Å². The second-order valence-corrected chi connectivity index (χ2v) is 10.9. The monoisotopic (exact) mass is 486 g/mol. The Labute approximate surface area is 221 Å². The molecule has 0 saturated carbocycles. The first-order valence-corrected chi connectivity index (χ1v) is 13.2. The van der Waals surface area contributed by atoms with Crippen LogP contribution in [0.3, 0.4) is 0 Å². The quantitative estimate of drug-likeness (QED) is 0.223. The van der Waals surface area contributed by atoms with Crippen LogP contribution in [0.15, 0.2) is 122 Å². The predicted octanol–water partition coefficient (Wildman–Crippen LogP) is 9.31. The Balaban J connectivity index is 1.41. The first-order valence-electron chi connectivity index (χ1n) is 13.2. The van der Waals surface area contributed by atoms with E-state index in [1.807, 2.05) is 18.5 Å². The molecule has 2 nitrogen and oxygen atoms in total. The fourth-order valence-corrected chi connectivity index (χ4v) is 6.60. The molecular weight excluding hydrogens is 460 g/mol. The third-order valence-electron chi connectivity index (χ3n) is 8.47. The van der Waals surface area contributed by atoms with E-state index in [1.54, 1.807) is 0 Å². The fourth-order valence-electron chi connectivity index (χ4n) is 6.60. The van der Waals surface area contributed by atoms with E-state index < -0.39 is 0 Å². The molecule has 1 aromatic heterocycles.